The molecule has 2 amide bonds. The number of hydrogen-bond acceptors (Lipinski definition) is 3. The monoisotopic (exact) mass is 326 g/mol. The predicted octanol–water partition coefficient (Wildman–Crippen LogP) is 2.73. The molecule has 1 aliphatic heterocycles. The summed E-state index contributed by atoms with van der Waals surface area (Å²) >= 11 is 0. The van der Waals surface area contributed by atoms with Crippen molar-refractivity contribution in [2.24, 2.45) is 11.7 Å². The Bertz CT molecular complexity index is 791. The van der Waals surface area contributed by atoms with Crippen LogP contribution in [0.25, 0.3) is 17.0 Å². The van der Waals surface area contributed by atoms with Crippen molar-refractivity contribution >= 4 is 28.9 Å². The highest BCUT2D eigenvalue weighted by atomic mass is 16.3. The van der Waals surface area contributed by atoms with Gasteiger partial charge in [-0.3, -0.25) is 9.59 Å². The number of benzene rings is 1. The molecule has 0 saturated carbocycles. The zero-order chi connectivity index (χ0) is 17.1. The van der Waals surface area contributed by atoms with Gasteiger partial charge in [-0.25, -0.2) is 0 Å². The lowest BCUT2D eigenvalue weighted by atomic mass is 9.97. The van der Waals surface area contributed by atoms with E-state index in [1.807, 2.05) is 37.3 Å². The van der Waals surface area contributed by atoms with Crippen LogP contribution >= 0.6 is 0 Å². The molecule has 2 N–H and O–H groups in total. The van der Waals surface area contributed by atoms with Crippen LogP contribution in [0, 0.1) is 5.92 Å². The number of furan rings is 1. The first-order valence-corrected chi connectivity index (χ1v) is 8.37. The Hall–Kier alpha value is -2.56. The van der Waals surface area contributed by atoms with Crippen molar-refractivity contribution in [1.82, 2.24) is 4.90 Å². The van der Waals surface area contributed by atoms with Crippen LogP contribution in [-0.4, -0.2) is 29.8 Å². The van der Waals surface area contributed by atoms with Gasteiger partial charge in [0.2, 0.25) is 11.8 Å². The molecule has 0 aliphatic carbocycles. The van der Waals surface area contributed by atoms with E-state index in [9.17, 15) is 9.59 Å². The summed E-state index contributed by atoms with van der Waals surface area (Å²) in [4.78, 5) is 25.5. The maximum absolute atomic E-state index is 12.5. The fourth-order valence-electron chi connectivity index (χ4n) is 3.23. The van der Waals surface area contributed by atoms with Gasteiger partial charge in [-0.15, -0.1) is 0 Å². The number of likely N-dealkylation sites (tertiary alicyclic amines) is 1. The molecule has 1 aromatic heterocycles. The van der Waals surface area contributed by atoms with E-state index in [1.54, 1.807) is 11.0 Å². The molecule has 24 heavy (non-hydrogen) atoms. The Morgan fingerprint density at radius 3 is 2.92 bits per heavy atom. The standard InChI is InChI=1S/C19H22N2O3/c1-2-16-15(14-7-3-4-8-17(14)24-16)9-10-18(22)21-11-5-6-13(12-21)19(20)23/h3-4,7-10,13H,2,5-6,11-12H2,1H3,(H2,20,23)/b10-9+. The second-order valence-electron chi connectivity index (χ2n) is 6.15. The molecule has 1 aliphatic rings. The summed E-state index contributed by atoms with van der Waals surface area (Å²) in [6.07, 6.45) is 5.72. The van der Waals surface area contributed by atoms with E-state index in [1.165, 1.54) is 0 Å². The van der Waals surface area contributed by atoms with Crippen molar-refractivity contribution in [3.8, 4) is 0 Å². The van der Waals surface area contributed by atoms with Gasteiger partial charge in [-0.2, -0.15) is 0 Å². The van der Waals surface area contributed by atoms with Crippen LogP contribution in [0.2, 0.25) is 0 Å². The van der Waals surface area contributed by atoms with Crippen molar-refractivity contribution < 1.29 is 14.0 Å². The number of nitrogens with zero attached hydrogens (tertiary/aromatic N) is 1. The first-order chi connectivity index (χ1) is 11.6. The van der Waals surface area contributed by atoms with Crippen molar-refractivity contribution in [3.63, 3.8) is 0 Å². The molecule has 2 heterocycles. The second kappa shape index (κ2) is 6.91. The normalized spacial score (nSPS) is 18.4. The number of fused-ring (bicyclic) bond motifs is 1. The largest absolute Gasteiger partial charge is 0.460 e. The van der Waals surface area contributed by atoms with Crippen LogP contribution in [0.5, 0.6) is 0 Å². The lowest BCUT2D eigenvalue weighted by Gasteiger charge is -2.30. The minimum atomic E-state index is -0.328. The van der Waals surface area contributed by atoms with Gasteiger partial charge in [0.05, 0.1) is 5.92 Å². The van der Waals surface area contributed by atoms with Crippen LogP contribution in [-0.2, 0) is 16.0 Å². The summed E-state index contributed by atoms with van der Waals surface area (Å²) in [5.74, 6) is 0.213. The van der Waals surface area contributed by atoms with Crippen LogP contribution in [0.3, 0.4) is 0 Å². The third-order valence-electron chi connectivity index (χ3n) is 4.56. The van der Waals surface area contributed by atoms with Gasteiger partial charge in [0.25, 0.3) is 0 Å². The van der Waals surface area contributed by atoms with E-state index in [4.69, 9.17) is 10.2 Å². The lowest BCUT2D eigenvalue weighted by Crippen LogP contribution is -2.43. The van der Waals surface area contributed by atoms with Crippen LogP contribution in [0.4, 0.5) is 0 Å². The summed E-state index contributed by atoms with van der Waals surface area (Å²) in [7, 11) is 0. The molecule has 0 bridgehead atoms. The van der Waals surface area contributed by atoms with Gasteiger partial charge in [0.1, 0.15) is 11.3 Å². The van der Waals surface area contributed by atoms with E-state index in [2.05, 4.69) is 0 Å². The Morgan fingerprint density at radius 1 is 1.38 bits per heavy atom. The SMILES string of the molecule is CCc1oc2ccccc2c1/C=C/C(=O)N1CCCC(C(N)=O)C1. The molecule has 1 aromatic carbocycles. The van der Waals surface area contributed by atoms with Crippen molar-refractivity contribution in [1.29, 1.82) is 0 Å². The average Bonchev–Trinajstić information content (AvgIpc) is 2.97. The smallest absolute Gasteiger partial charge is 0.246 e. The molecular formula is C19H22N2O3. The fraction of sp³-hybridized carbons (Fsp3) is 0.368. The number of para-hydroxylation sites is 1. The third kappa shape index (κ3) is 3.20. The highest BCUT2D eigenvalue weighted by molar-refractivity contribution is 5.96. The van der Waals surface area contributed by atoms with Crippen LogP contribution in [0.1, 0.15) is 31.1 Å². The number of aryl methyl sites for hydroxylation is 1. The molecule has 5 heteroatoms. The van der Waals surface area contributed by atoms with Gasteiger partial charge in [0, 0.05) is 36.5 Å². The maximum Gasteiger partial charge on any atom is 0.246 e. The number of piperidine rings is 1. The Morgan fingerprint density at radius 2 is 2.17 bits per heavy atom. The molecule has 5 nitrogen and oxygen atoms in total. The number of carbonyl (C=O) groups is 2. The minimum absolute atomic E-state index is 0.0896. The van der Waals surface area contributed by atoms with Crippen molar-refractivity contribution in [3.05, 3.63) is 41.7 Å². The molecule has 0 radical (unpaired) electrons. The number of rotatable bonds is 4. The van der Waals surface area contributed by atoms with Crippen molar-refractivity contribution in [2.45, 2.75) is 26.2 Å². The predicted molar refractivity (Wildman–Crippen MR) is 93.1 cm³/mol. The summed E-state index contributed by atoms with van der Waals surface area (Å²) in [5, 5.41) is 1.01. The highest BCUT2D eigenvalue weighted by Crippen LogP contribution is 2.27. The number of primary amides is 1. The molecule has 1 saturated heterocycles. The Kier molecular flexibility index (Phi) is 4.69. The van der Waals surface area contributed by atoms with Crippen LogP contribution < -0.4 is 5.73 Å². The first kappa shape index (κ1) is 16.3. The molecule has 1 fully saturated rings. The number of hydrogen-bond donors (Lipinski definition) is 1. The van der Waals surface area contributed by atoms with E-state index in [0.717, 1.165) is 41.6 Å². The second-order valence-corrected chi connectivity index (χ2v) is 6.15. The third-order valence-corrected chi connectivity index (χ3v) is 4.56. The number of nitrogens with two attached hydrogens (primary N) is 1. The Balaban J connectivity index is 1.80. The van der Waals surface area contributed by atoms with E-state index < -0.39 is 0 Å². The molecule has 0 spiro atoms. The number of carbonyl (C=O) groups excluding carboxylic acids is 2. The van der Waals surface area contributed by atoms with E-state index >= 15 is 0 Å². The molecular weight excluding hydrogens is 304 g/mol. The summed E-state index contributed by atoms with van der Waals surface area (Å²) < 4.78 is 5.84. The van der Waals surface area contributed by atoms with Gasteiger partial charge in [0.15, 0.2) is 0 Å². The topological polar surface area (TPSA) is 76.5 Å². The lowest BCUT2D eigenvalue weighted by molar-refractivity contribution is -0.130. The fourth-order valence-corrected chi connectivity index (χ4v) is 3.23. The van der Waals surface area contributed by atoms with Gasteiger partial charge >= 0.3 is 0 Å². The zero-order valence-electron chi connectivity index (χ0n) is 13.8. The minimum Gasteiger partial charge on any atom is -0.460 e. The first-order valence-electron chi connectivity index (χ1n) is 8.37. The summed E-state index contributed by atoms with van der Waals surface area (Å²) in [6.45, 7) is 3.10. The Labute approximate surface area is 141 Å². The molecule has 3 rings (SSSR count). The van der Waals surface area contributed by atoms with Crippen molar-refractivity contribution in [2.75, 3.05) is 13.1 Å². The van der Waals surface area contributed by atoms with Gasteiger partial charge in [-0.05, 0) is 25.0 Å². The number of amides is 2. The molecule has 2 aromatic rings. The molecule has 126 valence electrons. The summed E-state index contributed by atoms with van der Waals surface area (Å²) in [6, 6.07) is 7.81. The highest BCUT2D eigenvalue weighted by Gasteiger charge is 2.26. The molecule has 1 atom stereocenters. The zero-order valence-corrected chi connectivity index (χ0v) is 13.8. The maximum atomic E-state index is 12.5. The van der Waals surface area contributed by atoms with Crippen LogP contribution in [0.15, 0.2) is 34.8 Å². The average molecular weight is 326 g/mol. The van der Waals surface area contributed by atoms with E-state index in [0.29, 0.717) is 13.1 Å². The van der Waals surface area contributed by atoms with E-state index in [-0.39, 0.29) is 17.7 Å². The van der Waals surface area contributed by atoms with Gasteiger partial charge in [-0.1, -0.05) is 25.1 Å². The molecule has 1 unspecified atom stereocenters. The summed E-state index contributed by atoms with van der Waals surface area (Å²) in [5.41, 5.74) is 7.15. The van der Waals surface area contributed by atoms with Gasteiger partial charge < -0.3 is 15.1 Å². The quantitative estimate of drug-likeness (QED) is 0.878.